The van der Waals surface area contributed by atoms with Crippen molar-refractivity contribution < 1.29 is 14.3 Å². The second-order valence-corrected chi connectivity index (χ2v) is 5.91. The Balaban J connectivity index is 1.60. The number of anilines is 1. The van der Waals surface area contributed by atoms with E-state index >= 15 is 0 Å². The number of aromatic nitrogens is 2. The largest absolute Gasteiger partial charge is 0.452 e. The van der Waals surface area contributed by atoms with Crippen LogP contribution in [0.2, 0.25) is 10.0 Å². The average Bonchev–Trinajstić information content (AvgIpc) is 2.94. The fourth-order valence-corrected chi connectivity index (χ4v) is 2.44. The summed E-state index contributed by atoms with van der Waals surface area (Å²) in [4.78, 5) is 40.2. The maximum atomic E-state index is 11.9. The van der Waals surface area contributed by atoms with Crippen molar-refractivity contribution in [3.63, 3.8) is 0 Å². The van der Waals surface area contributed by atoms with E-state index in [0.717, 1.165) is 0 Å². The molecule has 0 aliphatic carbocycles. The van der Waals surface area contributed by atoms with Gasteiger partial charge in [-0.1, -0.05) is 23.2 Å². The third kappa shape index (κ3) is 4.01. The van der Waals surface area contributed by atoms with Gasteiger partial charge in [0.05, 0.1) is 26.6 Å². The third-order valence-electron chi connectivity index (χ3n) is 3.29. The van der Waals surface area contributed by atoms with Crippen molar-refractivity contribution in [2.24, 2.45) is 0 Å². The van der Waals surface area contributed by atoms with Gasteiger partial charge in [-0.3, -0.25) is 4.79 Å². The first-order valence-electron chi connectivity index (χ1n) is 7.06. The molecule has 0 atom stereocenters. The number of esters is 1. The van der Waals surface area contributed by atoms with Crippen LogP contribution >= 0.6 is 23.2 Å². The summed E-state index contributed by atoms with van der Waals surface area (Å²) < 4.78 is 4.93. The molecule has 2 aromatic carbocycles. The van der Waals surface area contributed by atoms with Crippen LogP contribution in [0, 0.1) is 0 Å². The Bertz CT molecular complexity index is 1030. The van der Waals surface area contributed by atoms with Crippen molar-refractivity contribution in [3.05, 3.63) is 62.5 Å². The van der Waals surface area contributed by atoms with E-state index in [1.165, 1.54) is 18.2 Å². The standard InChI is InChI=1S/C16H11Cl2N3O4/c17-10-3-1-8(5-11(10)18)15(23)25-7-14(22)19-9-2-4-12-13(6-9)21-16(24)20-12/h1-6H,7H2,(H,19,22)(H2,20,21,24). The van der Waals surface area contributed by atoms with E-state index in [0.29, 0.717) is 21.7 Å². The molecule has 0 radical (unpaired) electrons. The number of carbonyl (C=O) groups excluding carboxylic acids is 2. The van der Waals surface area contributed by atoms with Crippen LogP contribution in [0.15, 0.2) is 41.2 Å². The lowest BCUT2D eigenvalue weighted by Gasteiger charge is -2.07. The highest BCUT2D eigenvalue weighted by molar-refractivity contribution is 6.42. The van der Waals surface area contributed by atoms with Gasteiger partial charge >= 0.3 is 11.7 Å². The van der Waals surface area contributed by atoms with E-state index in [1.807, 2.05) is 0 Å². The minimum atomic E-state index is -0.695. The second-order valence-electron chi connectivity index (χ2n) is 5.09. The van der Waals surface area contributed by atoms with Crippen LogP contribution in [0.5, 0.6) is 0 Å². The molecule has 1 heterocycles. The van der Waals surface area contributed by atoms with E-state index in [1.54, 1.807) is 18.2 Å². The number of halogens is 2. The molecule has 0 aliphatic heterocycles. The summed E-state index contributed by atoms with van der Waals surface area (Å²) in [5, 5.41) is 3.10. The summed E-state index contributed by atoms with van der Waals surface area (Å²) in [5.41, 5.74) is 1.48. The van der Waals surface area contributed by atoms with Crippen molar-refractivity contribution in [2.75, 3.05) is 11.9 Å². The summed E-state index contributed by atoms with van der Waals surface area (Å²) in [6.45, 7) is -0.471. The quantitative estimate of drug-likeness (QED) is 0.606. The molecule has 0 fully saturated rings. The molecule has 3 N–H and O–H groups in total. The Morgan fingerprint density at radius 2 is 1.76 bits per heavy atom. The second kappa shape index (κ2) is 7.00. The smallest absolute Gasteiger partial charge is 0.338 e. The van der Waals surface area contributed by atoms with Crippen LogP contribution in [-0.2, 0) is 9.53 Å². The zero-order valence-electron chi connectivity index (χ0n) is 12.6. The summed E-state index contributed by atoms with van der Waals surface area (Å²) in [6, 6.07) is 9.12. The van der Waals surface area contributed by atoms with Crippen LogP contribution in [0.4, 0.5) is 5.69 Å². The van der Waals surface area contributed by atoms with Crippen molar-refractivity contribution in [3.8, 4) is 0 Å². The molecule has 1 aromatic heterocycles. The van der Waals surface area contributed by atoms with Crippen LogP contribution in [-0.4, -0.2) is 28.5 Å². The van der Waals surface area contributed by atoms with Crippen LogP contribution < -0.4 is 11.0 Å². The van der Waals surface area contributed by atoms with Crippen LogP contribution in [0.1, 0.15) is 10.4 Å². The third-order valence-corrected chi connectivity index (χ3v) is 4.03. The summed E-state index contributed by atoms with van der Waals surface area (Å²) in [5.74, 6) is -1.22. The van der Waals surface area contributed by atoms with E-state index < -0.39 is 18.5 Å². The summed E-state index contributed by atoms with van der Waals surface area (Å²) in [6.07, 6.45) is 0. The molecule has 1 amide bonds. The van der Waals surface area contributed by atoms with Gasteiger partial charge < -0.3 is 20.0 Å². The molecule has 0 aliphatic rings. The molecule has 0 spiro atoms. The zero-order chi connectivity index (χ0) is 18.0. The Kier molecular flexibility index (Phi) is 4.78. The Labute approximate surface area is 150 Å². The van der Waals surface area contributed by atoms with Crippen molar-refractivity contribution in [2.45, 2.75) is 0 Å². The van der Waals surface area contributed by atoms with Gasteiger partial charge in [0.2, 0.25) is 0 Å². The number of hydrogen-bond acceptors (Lipinski definition) is 4. The lowest BCUT2D eigenvalue weighted by Crippen LogP contribution is -2.20. The van der Waals surface area contributed by atoms with Gasteiger partial charge in [-0.15, -0.1) is 0 Å². The first-order valence-corrected chi connectivity index (χ1v) is 7.82. The van der Waals surface area contributed by atoms with E-state index in [9.17, 15) is 14.4 Å². The number of ether oxygens (including phenoxy) is 1. The highest BCUT2D eigenvalue weighted by atomic mass is 35.5. The number of H-pyrrole nitrogens is 2. The fourth-order valence-electron chi connectivity index (χ4n) is 2.14. The highest BCUT2D eigenvalue weighted by Crippen LogP contribution is 2.23. The molecule has 3 rings (SSSR count). The predicted molar refractivity (Wildman–Crippen MR) is 94.3 cm³/mol. The number of carbonyl (C=O) groups is 2. The number of aromatic amines is 2. The van der Waals surface area contributed by atoms with Gasteiger partial charge in [0, 0.05) is 5.69 Å². The normalized spacial score (nSPS) is 10.6. The minimum Gasteiger partial charge on any atom is -0.452 e. The number of rotatable bonds is 4. The van der Waals surface area contributed by atoms with Gasteiger partial charge in [0.15, 0.2) is 6.61 Å². The number of hydrogen-bond donors (Lipinski definition) is 3. The van der Waals surface area contributed by atoms with E-state index in [4.69, 9.17) is 27.9 Å². The first-order chi connectivity index (χ1) is 11.9. The average molecular weight is 380 g/mol. The van der Waals surface area contributed by atoms with Gasteiger partial charge in [-0.05, 0) is 36.4 Å². The summed E-state index contributed by atoms with van der Waals surface area (Å²) >= 11 is 11.6. The number of benzene rings is 2. The number of nitrogens with one attached hydrogen (secondary N) is 3. The van der Waals surface area contributed by atoms with Crippen LogP contribution in [0.25, 0.3) is 11.0 Å². The van der Waals surface area contributed by atoms with Crippen molar-refractivity contribution in [1.82, 2.24) is 9.97 Å². The predicted octanol–water partition coefficient (Wildman–Crippen LogP) is 2.96. The lowest BCUT2D eigenvalue weighted by atomic mass is 10.2. The number of fused-ring (bicyclic) bond motifs is 1. The Hall–Kier alpha value is -2.77. The van der Waals surface area contributed by atoms with Gasteiger partial charge in [0.25, 0.3) is 5.91 Å². The maximum Gasteiger partial charge on any atom is 0.338 e. The van der Waals surface area contributed by atoms with E-state index in [-0.39, 0.29) is 16.3 Å². The lowest BCUT2D eigenvalue weighted by molar-refractivity contribution is -0.119. The molecule has 9 heteroatoms. The number of amides is 1. The molecule has 3 aromatic rings. The minimum absolute atomic E-state index is 0.188. The molecule has 7 nitrogen and oxygen atoms in total. The topological polar surface area (TPSA) is 104 Å². The molecular weight excluding hydrogens is 369 g/mol. The van der Waals surface area contributed by atoms with Gasteiger partial charge in [-0.25, -0.2) is 9.59 Å². The Morgan fingerprint density at radius 3 is 2.52 bits per heavy atom. The number of imidazole rings is 1. The molecule has 0 bridgehead atoms. The molecule has 128 valence electrons. The molecule has 0 saturated carbocycles. The monoisotopic (exact) mass is 379 g/mol. The molecular formula is C16H11Cl2N3O4. The highest BCUT2D eigenvalue weighted by Gasteiger charge is 2.12. The fraction of sp³-hybridized carbons (Fsp3) is 0.0625. The van der Waals surface area contributed by atoms with Crippen LogP contribution in [0.3, 0.4) is 0 Å². The SMILES string of the molecule is O=C(COC(=O)c1ccc(Cl)c(Cl)c1)Nc1ccc2[nH]c(=O)[nH]c2c1. The van der Waals surface area contributed by atoms with Gasteiger partial charge in [0.1, 0.15) is 0 Å². The Morgan fingerprint density at radius 1 is 1.00 bits per heavy atom. The summed E-state index contributed by atoms with van der Waals surface area (Å²) in [7, 11) is 0. The zero-order valence-corrected chi connectivity index (χ0v) is 14.1. The van der Waals surface area contributed by atoms with E-state index in [2.05, 4.69) is 15.3 Å². The van der Waals surface area contributed by atoms with Crippen molar-refractivity contribution >= 4 is 51.8 Å². The first kappa shape index (κ1) is 17.1. The molecule has 25 heavy (non-hydrogen) atoms. The maximum absolute atomic E-state index is 11.9. The molecule has 0 saturated heterocycles. The molecule has 0 unspecified atom stereocenters. The van der Waals surface area contributed by atoms with Crippen molar-refractivity contribution in [1.29, 1.82) is 0 Å². The van der Waals surface area contributed by atoms with Gasteiger partial charge in [-0.2, -0.15) is 0 Å².